The van der Waals surface area contributed by atoms with Crippen molar-refractivity contribution in [3.63, 3.8) is 0 Å². The van der Waals surface area contributed by atoms with Gasteiger partial charge in [0, 0.05) is 4.47 Å². The van der Waals surface area contributed by atoms with E-state index < -0.39 is 0 Å². The molecule has 0 aromatic heterocycles. The number of carbonyl (C=O) groups excluding carboxylic acids is 1. The summed E-state index contributed by atoms with van der Waals surface area (Å²) >= 11 is 3.42. The highest BCUT2D eigenvalue weighted by atomic mass is 79.9. The fraction of sp³-hybridized carbons (Fsp3) is 0.278. The van der Waals surface area contributed by atoms with E-state index in [4.69, 9.17) is 9.47 Å². The lowest BCUT2D eigenvalue weighted by atomic mass is 10.1. The molecular formula is C18H18BrNO3. The van der Waals surface area contributed by atoms with Gasteiger partial charge in [0.05, 0.1) is 12.5 Å². The quantitative estimate of drug-likeness (QED) is 0.887. The summed E-state index contributed by atoms with van der Waals surface area (Å²) in [5.74, 6) is 1.49. The molecule has 2 aromatic rings. The number of carbonyl (C=O) groups is 1. The lowest BCUT2D eigenvalue weighted by molar-refractivity contribution is -0.121. The molecule has 0 unspecified atom stereocenters. The van der Waals surface area contributed by atoms with Crippen LogP contribution in [0.25, 0.3) is 0 Å². The molecule has 1 amide bonds. The Morgan fingerprint density at radius 2 is 1.96 bits per heavy atom. The third kappa shape index (κ3) is 4.05. The highest BCUT2D eigenvalue weighted by Gasteiger charge is 2.16. The molecule has 0 saturated heterocycles. The molecule has 1 aliphatic heterocycles. The molecular weight excluding hydrogens is 358 g/mol. The molecule has 4 nitrogen and oxygen atoms in total. The van der Waals surface area contributed by atoms with Crippen LogP contribution in [0.1, 0.15) is 24.1 Å². The Kier molecular flexibility index (Phi) is 4.86. The predicted octanol–water partition coefficient (Wildman–Crippen LogP) is 3.64. The van der Waals surface area contributed by atoms with Crippen LogP contribution in [0.5, 0.6) is 11.5 Å². The lowest BCUT2D eigenvalue weighted by Crippen LogP contribution is -2.28. The second-order valence-corrected chi connectivity index (χ2v) is 6.41. The SMILES string of the molecule is C[C@@H](NC(=O)Cc1cccc(Br)c1)c1ccc2c(c1)OCCO2. The first-order valence-corrected chi connectivity index (χ1v) is 8.34. The van der Waals surface area contributed by atoms with Crippen LogP contribution in [0.2, 0.25) is 0 Å². The van der Waals surface area contributed by atoms with E-state index in [2.05, 4.69) is 21.2 Å². The summed E-state index contributed by atoms with van der Waals surface area (Å²) in [6.07, 6.45) is 0.355. The summed E-state index contributed by atoms with van der Waals surface area (Å²) in [5, 5.41) is 3.02. The van der Waals surface area contributed by atoms with Gasteiger partial charge in [0.1, 0.15) is 13.2 Å². The summed E-state index contributed by atoms with van der Waals surface area (Å²) in [6.45, 7) is 3.09. The Bertz CT molecular complexity index is 717. The average molecular weight is 376 g/mol. The van der Waals surface area contributed by atoms with Crippen LogP contribution < -0.4 is 14.8 Å². The third-order valence-corrected chi connectivity index (χ3v) is 4.19. The molecule has 2 aromatic carbocycles. The van der Waals surface area contributed by atoms with Crippen LogP contribution >= 0.6 is 15.9 Å². The monoisotopic (exact) mass is 375 g/mol. The van der Waals surface area contributed by atoms with Crippen molar-refractivity contribution in [2.45, 2.75) is 19.4 Å². The van der Waals surface area contributed by atoms with Crippen molar-refractivity contribution in [3.05, 3.63) is 58.1 Å². The maximum absolute atomic E-state index is 12.2. The normalized spacial score (nSPS) is 14.2. The van der Waals surface area contributed by atoms with E-state index >= 15 is 0 Å². The predicted molar refractivity (Wildman–Crippen MR) is 91.8 cm³/mol. The Morgan fingerprint density at radius 3 is 2.74 bits per heavy atom. The molecule has 5 heteroatoms. The van der Waals surface area contributed by atoms with E-state index in [0.29, 0.717) is 19.6 Å². The van der Waals surface area contributed by atoms with E-state index in [1.165, 1.54) is 0 Å². The summed E-state index contributed by atoms with van der Waals surface area (Å²) in [4.78, 5) is 12.2. The number of rotatable bonds is 4. The molecule has 1 aliphatic rings. The minimum Gasteiger partial charge on any atom is -0.486 e. The molecule has 0 aliphatic carbocycles. The zero-order valence-corrected chi connectivity index (χ0v) is 14.4. The topological polar surface area (TPSA) is 47.6 Å². The lowest BCUT2D eigenvalue weighted by Gasteiger charge is -2.21. The molecule has 0 spiro atoms. The van der Waals surface area contributed by atoms with Gasteiger partial charge in [-0.25, -0.2) is 0 Å². The number of halogens is 1. The van der Waals surface area contributed by atoms with Gasteiger partial charge in [-0.2, -0.15) is 0 Å². The minimum absolute atomic E-state index is 0.00881. The van der Waals surface area contributed by atoms with Crippen LogP contribution in [0.15, 0.2) is 46.9 Å². The summed E-state index contributed by atoms with van der Waals surface area (Å²) in [5.41, 5.74) is 1.98. The summed E-state index contributed by atoms with van der Waals surface area (Å²) in [6, 6.07) is 13.4. The summed E-state index contributed by atoms with van der Waals surface area (Å²) < 4.78 is 12.1. The number of fused-ring (bicyclic) bond motifs is 1. The van der Waals surface area contributed by atoms with Crippen molar-refractivity contribution in [1.82, 2.24) is 5.32 Å². The van der Waals surface area contributed by atoms with Crippen molar-refractivity contribution < 1.29 is 14.3 Å². The molecule has 1 atom stereocenters. The van der Waals surface area contributed by atoms with Gasteiger partial charge < -0.3 is 14.8 Å². The van der Waals surface area contributed by atoms with E-state index in [1.807, 2.05) is 49.4 Å². The van der Waals surface area contributed by atoms with Gasteiger partial charge in [-0.1, -0.05) is 34.1 Å². The van der Waals surface area contributed by atoms with Gasteiger partial charge >= 0.3 is 0 Å². The number of amides is 1. The first-order chi connectivity index (χ1) is 11.1. The molecule has 3 rings (SSSR count). The Morgan fingerprint density at radius 1 is 1.17 bits per heavy atom. The van der Waals surface area contributed by atoms with Crippen molar-refractivity contribution >= 4 is 21.8 Å². The first-order valence-electron chi connectivity index (χ1n) is 7.55. The number of hydrogen-bond donors (Lipinski definition) is 1. The van der Waals surface area contributed by atoms with Gasteiger partial charge in [-0.3, -0.25) is 4.79 Å². The minimum atomic E-state index is -0.0921. The molecule has 1 heterocycles. The third-order valence-electron chi connectivity index (χ3n) is 3.70. The smallest absolute Gasteiger partial charge is 0.224 e. The molecule has 0 radical (unpaired) electrons. The van der Waals surface area contributed by atoms with Gasteiger partial charge in [0.25, 0.3) is 0 Å². The van der Waals surface area contributed by atoms with Crippen LogP contribution in [0, 0.1) is 0 Å². The summed E-state index contributed by atoms with van der Waals surface area (Å²) in [7, 11) is 0. The Balaban J connectivity index is 1.64. The second kappa shape index (κ2) is 7.04. The zero-order chi connectivity index (χ0) is 16.2. The molecule has 0 saturated carbocycles. The highest BCUT2D eigenvalue weighted by molar-refractivity contribution is 9.10. The second-order valence-electron chi connectivity index (χ2n) is 5.50. The fourth-order valence-electron chi connectivity index (χ4n) is 2.54. The maximum atomic E-state index is 12.2. The van der Waals surface area contributed by atoms with E-state index in [1.54, 1.807) is 0 Å². The van der Waals surface area contributed by atoms with Crippen molar-refractivity contribution in [2.24, 2.45) is 0 Å². The Hall–Kier alpha value is -2.01. The van der Waals surface area contributed by atoms with Crippen LogP contribution in [-0.4, -0.2) is 19.1 Å². The number of benzene rings is 2. The largest absolute Gasteiger partial charge is 0.486 e. The van der Waals surface area contributed by atoms with Gasteiger partial charge in [0.2, 0.25) is 5.91 Å². The van der Waals surface area contributed by atoms with Gasteiger partial charge in [0.15, 0.2) is 11.5 Å². The highest BCUT2D eigenvalue weighted by Crippen LogP contribution is 2.32. The molecule has 0 bridgehead atoms. The van der Waals surface area contributed by atoms with E-state index in [-0.39, 0.29) is 11.9 Å². The van der Waals surface area contributed by atoms with Crippen LogP contribution in [-0.2, 0) is 11.2 Å². The Labute approximate surface area is 143 Å². The van der Waals surface area contributed by atoms with E-state index in [9.17, 15) is 4.79 Å². The molecule has 1 N–H and O–H groups in total. The molecule has 23 heavy (non-hydrogen) atoms. The van der Waals surface area contributed by atoms with Crippen molar-refractivity contribution in [3.8, 4) is 11.5 Å². The average Bonchev–Trinajstić information content (AvgIpc) is 2.54. The number of nitrogens with one attached hydrogen (secondary N) is 1. The van der Waals surface area contributed by atoms with Gasteiger partial charge in [-0.05, 0) is 42.3 Å². The van der Waals surface area contributed by atoms with Crippen molar-refractivity contribution in [2.75, 3.05) is 13.2 Å². The number of ether oxygens (including phenoxy) is 2. The maximum Gasteiger partial charge on any atom is 0.224 e. The van der Waals surface area contributed by atoms with E-state index in [0.717, 1.165) is 27.1 Å². The standard InChI is InChI=1S/C18H18BrNO3/c1-12(14-5-6-16-17(11-14)23-8-7-22-16)20-18(21)10-13-3-2-4-15(19)9-13/h2-6,9,11-12H,7-8,10H2,1H3,(H,20,21)/t12-/m1/s1. The molecule has 120 valence electrons. The zero-order valence-electron chi connectivity index (χ0n) is 12.8. The van der Waals surface area contributed by atoms with Gasteiger partial charge in [-0.15, -0.1) is 0 Å². The molecule has 0 fully saturated rings. The van der Waals surface area contributed by atoms with Crippen LogP contribution in [0.4, 0.5) is 0 Å². The van der Waals surface area contributed by atoms with Crippen molar-refractivity contribution in [1.29, 1.82) is 0 Å². The number of hydrogen-bond acceptors (Lipinski definition) is 3. The van der Waals surface area contributed by atoms with Crippen LogP contribution in [0.3, 0.4) is 0 Å². The first kappa shape index (κ1) is 15.9. The fourth-order valence-corrected chi connectivity index (χ4v) is 2.98.